The first-order valence-corrected chi connectivity index (χ1v) is 10.4. The van der Waals surface area contributed by atoms with Gasteiger partial charge in [-0.3, -0.25) is 10.2 Å². The molecule has 1 amide bonds. The molecule has 1 unspecified atom stereocenters. The number of rotatable bonds is 14. The van der Waals surface area contributed by atoms with E-state index in [-0.39, 0.29) is 17.3 Å². The number of carbonyl (C=O) groups is 1. The van der Waals surface area contributed by atoms with E-state index < -0.39 is 0 Å². The molecule has 5 heteroatoms. The van der Waals surface area contributed by atoms with Crippen molar-refractivity contribution in [2.75, 3.05) is 6.54 Å². The number of nitrogens with one attached hydrogen (secondary N) is 2. The predicted octanol–water partition coefficient (Wildman–Crippen LogP) is 4.87. The third-order valence-electron chi connectivity index (χ3n) is 4.31. The summed E-state index contributed by atoms with van der Waals surface area (Å²) in [6.07, 6.45) is 17.4. The Morgan fingerprint density at radius 1 is 0.957 bits per heavy atom. The second-order valence-corrected chi connectivity index (χ2v) is 7.63. The van der Waals surface area contributed by atoms with E-state index in [1.54, 1.807) is 0 Å². The number of halogens is 1. The third kappa shape index (κ3) is 10.7. The molecule has 1 heterocycles. The fourth-order valence-corrected chi connectivity index (χ4v) is 3.40. The van der Waals surface area contributed by atoms with Gasteiger partial charge in [-0.1, -0.05) is 99.9 Å². The van der Waals surface area contributed by atoms with Crippen molar-refractivity contribution in [1.82, 2.24) is 10.7 Å². The van der Waals surface area contributed by atoms with Crippen LogP contribution in [0.2, 0.25) is 0 Å². The van der Waals surface area contributed by atoms with Crippen molar-refractivity contribution < 1.29 is 4.79 Å². The molecule has 0 aliphatic carbocycles. The molecule has 1 rings (SSSR count). The quantitative estimate of drug-likeness (QED) is 0.329. The molecule has 23 heavy (non-hydrogen) atoms. The lowest BCUT2D eigenvalue weighted by Crippen LogP contribution is -2.46. The summed E-state index contributed by atoms with van der Waals surface area (Å²) in [5, 5.41) is 6.95. The van der Waals surface area contributed by atoms with Gasteiger partial charge in [-0.2, -0.15) is 5.10 Å². The number of hydrogen-bond donors (Lipinski definition) is 2. The number of amides is 1. The van der Waals surface area contributed by atoms with Gasteiger partial charge in [0, 0.05) is 0 Å². The zero-order chi connectivity index (χ0) is 16.8. The van der Waals surface area contributed by atoms with Gasteiger partial charge in [0.05, 0.1) is 4.83 Å². The SMILES string of the molecule is CCCCCCCCCCCCCCC(Br)C1=NNCC(=O)N1. The van der Waals surface area contributed by atoms with Gasteiger partial charge in [0.1, 0.15) is 12.4 Å². The van der Waals surface area contributed by atoms with Crippen LogP contribution in [0.5, 0.6) is 0 Å². The van der Waals surface area contributed by atoms with Crippen LogP contribution >= 0.6 is 15.9 Å². The molecule has 4 nitrogen and oxygen atoms in total. The minimum absolute atomic E-state index is 0.00542. The summed E-state index contributed by atoms with van der Waals surface area (Å²) in [5.41, 5.74) is 2.76. The molecular formula is C18H34BrN3O. The molecule has 2 N–H and O–H groups in total. The molecule has 1 atom stereocenters. The predicted molar refractivity (Wildman–Crippen MR) is 102 cm³/mol. The molecule has 0 saturated heterocycles. The highest BCUT2D eigenvalue weighted by Gasteiger charge is 2.18. The van der Waals surface area contributed by atoms with E-state index >= 15 is 0 Å². The Morgan fingerprint density at radius 3 is 2.00 bits per heavy atom. The van der Waals surface area contributed by atoms with Gasteiger partial charge in [0.25, 0.3) is 0 Å². The van der Waals surface area contributed by atoms with Gasteiger partial charge in [0.2, 0.25) is 5.91 Å². The molecule has 0 aromatic rings. The Labute approximate surface area is 150 Å². The monoisotopic (exact) mass is 387 g/mol. The van der Waals surface area contributed by atoms with Gasteiger partial charge < -0.3 is 5.32 Å². The second kappa shape index (κ2) is 13.8. The van der Waals surface area contributed by atoms with Gasteiger partial charge in [-0.25, -0.2) is 0 Å². The van der Waals surface area contributed by atoms with Crippen molar-refractivity contribution >= 4 is 27.7 Å². The number of amidine groups is 1. The maximum absolute atomic E-state index is 11.3. The van der Waals surface area contributed by atoms with Crippen molar-refractivity contribution in [2.45, 2.75) is 95.2 Å². The molecule has 0 radical (unpaired) electrons. The summed E-state index contributed by atoms with van der Waals surface area (Å²) in [7, 11) is 0. The molecule has 0 aromatic heterocycles. The van der Waals surface area contributed by atoms with Crippen LogP contribution < -0.4 is 10.7 Å². The smallest absolute Gasteiger partial charge is 0.246 e. The largest absolute Gasteiger partial charge is 0.310 e. The number of hydrogen-bond acceptors (Lipinski definition) is 3. The minimum Gasteiger partial charge on any atom is -0.310 e. The van der Waals surface area contributed by atoms with Crippen molar-refractivity contribution in [3.8, 4) is 0 Å². The highest BCUT2D eigenvalue weighted by Crippen LogP contribution is 2.15. The van der Waals surface area contributed by atoms with E-state index in [2.05, 4.69) is 38.7 Å². The Kier molecular flexibility index (Phi) is 12.3. The first kappa shape index (κ1) is 20.5. The van der Waals surface area contributed by atoms with Crippen LogP contribution in [-0.2, 0) is 4.79 Å². The van der Waals surface area contributed by atoms with E-state index in [0.717, 1.165) is 12.3 Å². The number of nitrogens with zero attached hydrogens (tertiary/aromatic N) is 1. The van der Waals surface area contributed by atoms with Crippen molar-refractivity contribution in [2.24, 2.45) is 5.10 Å². The summed E-state index contributed by atoms with van der Waals surface area (Å²) in [5.74, 6) is 0.721. The van der Waals surface area contributed by atoms with Crippen LogP contribution in [0.3, 0.4) is 0 Å². The normalized spacial score (nSPS) is 15.7. The fraction of sp³-hybridized carbons (Fsp3) is 0.889. The second-order valence-electron chi connectivity index (χ2n) is 6.53. The first-order valence-electron chi connectivity index (χ1n) is 9.48. The van der Waals surface area contributed by atoms with E-state index in [9.17, 15) is 4.79 Å². The summed E-state index contributed by atoms with van der Waals surface area (Å²) < 4.78 is 0. The number of alkyl halides is 1. The Bertz CT molecular complexity index is 347. The molecule has 1 aliphatic rings. The highest BCUT2D eigenvalue weighted by atomic mass is 79.9. The van der Waals surface area contributed by atoms with Gasteiger partial charge in [0.15, 0.2) is 0 Å². The molecule has 0 fully saturated rings. The zero-order valence-corrected chi connectivity index (χ0v) is 16.3. The number of hydrazone groups is 1. The first-order chi connectivity index (χ1) is 11.2. The van der Waals surface area contributed by atoms with Gasteiger partial charge in [-0.05, 0) is 6.42 Å². The lowest BCUT2D eigenvalue weighted by Gasteiger charge is -2.18. The molecule has 0 aromatic carbocycles. The summed E-state index contributed by atoms with van der Waals surface area (Å²) >= 11 is 3.61. The van der Waals surface area contributed by atoms with E-state index in [0.29, 0.717) is 0 Å². The van der Waals surface area contributed by atoms with Crippen molar-refractivity contribution in [3.05, 3.63) is 0 Å². The Balaban J connectivity index is 1.86. The fourth-order valence-electron chi connectivity index (χ4n) is 2.86. The molecule has 0 saturated carbocycles. The van der Waals surface area contributed by atoms with Crippen molar-refractivity contribution in [1.29, 1.82) is 0 Å². The lowest BCUT2D eigenvalue weighted by molar-refractivity contribution is -0.119. The van der Waals surface area contributed by atoms with Crippen LogP contribution in [0.25, 0.3) is 0 Å². The van der Waals surface area contributed by atoms with Gasteiger partial charge >= 0.3 is 0 Å². The average molecular weight is 388 g/mol. The van der Waals surface area contributed by atoms with Crippen LogP contribution in [0.4, 0.5) is 0 Å². The molecule has 134 valence electrons. The van der Waals surface area contributed by atoms with E-state index in [4.69, 9.17) is 0 Å². The third-order valence-corrected chi connectivity index (χ3v) is 5.21. The average Bonchev–Trinajstić information content (AvgIpc) is 2.55. The number of carbonyl (C=O) groups excluding carboxylic acids is 1. The maximum atomic E-state index is 11.3. The van der Waals surface area contributed by atoms with Gasteiger partial charge in [-0.15, -0.1) is 0 Å². The van der Waals surface area contributed by atoms with Crippen LogP contribution in [0.15, 0.2) is 5.10 Å². The van der Waals surface area contributed by atoms with E-state index in [1.165, 1.54) is 77.0 Å². The standard InChI is InChI=1S/C18H34BrN3O/c1-2-3-4-5-6-7-8-9-10-11-12-13-14-16(19)18-21-17(23)15-20-22-18/h16,20H,2-15H2,1H3,(H,21,22,23). The summed E-state index contributed by atoms with van der Waals surface area (Å²) in [6.45, 7) is 2.55. The van der Waals surface area contributed by atoms with Crippen LogP contribution in [0.1, 0.15) is 90.4 Å². The Hall–Kier alpha value is -0.580. The molecule has 0 spiro atoms. The van der Waals surface area contributed by atoms with Crippen LogP contribution in [-0.4, -0.2) is 23.1 Å². The van der Waals surface area contributed by atoms with E-state index in [1.807, 2.05) is 0 Å². The van der Waals surface area contributed by atoms with Crippen molar-refractivity contribution in [3.63, 3.8) is 0 Å². The Morgan fingerprint density at radius 2 is 1.48 bits per heavy atom. The van der Waals surface area contributed by atoms with Crippen LogP contribution in [0, 0.1) is 0 Å². The maximum Gasteiger partial charge on any atom is 0.246 e. The topological polar surface area (TPSA) is 53.5 Å². The summed E-state index contributed by atoms with van der Waals surface area (Å²) in [4.78, 5) is 11.4. The summed E-state index contributed by atoms with van der Waals surface area (Å²) in [6, 6.07) is 0. The zero-order valence-electron chi connectivity index (χ0n) is 14.7. The molecular weight excluding hydrogens is 354 g/mol. The minimum atomic E-state index is -0.00542. The molecule has 1 aliphatic heterocycles. The number of unbranched alkanes of at least 4 members (excludes halogenated alkanes) is 11. The lowest BCUT2D eigenvalue weighted by atomic mass is 10.0. The molecule has 0 bridgehead atoms. The highest BCUT2D eigenvalue weighted by molar-refractivity contribution is 9.10.